The van der Waals surface area contributed by atoms with E-state index in [4.69, 9.17) is 14.6 Å². The fourth-order valence-electron chi connectivity index (χ4n) is 4.53. The molecule has 0 radical (unpaired) electrons. The van der Waals surface area contributed by atoms with Crippen molar-refractivity contribution in [1.82, 2.24) is 0 Å². The van der Waals surface area contributed by atoms with Crippen LogP contribution in [0.25, 0.3) is 0 Å². The normalized spacial score (nSPS) is 21.5. The van der Waals surface area contributed by atoms with Crippen molar-refractivity contribution >= 4 is 29.3 Å². The highest BCUT2D eigenvalue weighted by Gasteiger charge is 2.48. The molecule has 1 N–H and O–H groups in total. The van der Waals surface area contributed by atoms with Crippen molar-refractivity contribution in [1.29, 1.82) is 0 Å². The minimum Gasteiger partial charge on any atom is -0.542 e. The zero-order chi connectivity index (χ0) is 28.3. The maximum Gasteiger partial charge on any atom is 0.430 e. The molecule has 38 heavy (non-hydrogen) atoms. The van der Waals surface area contributed by atoms with Crippen LogP contribution in [0, 0.1) is 5.92 Å². The van der Waals surface area contributed by atoms with Gasteiger partial charge in [-0.05, 0) is 12.1 Å². The Morgan fingerprint density at radius 1 is 0.947 bits per heavy atom. The van der Waals surface area contributed by atoms with Gasteiger partial charge < -0.3 is 24.4 Å². The van der Waals surface area contributed by atoms with Crippen LogP contribution in [0.4, 0.5) is 18.9 Å². The Morgan fingerprint density at radius 2 is 1.45 bits per heavy atom. The van der Waals surface area contributed by atoms with Gasteiger partial charge in [-0.2, -0.15) is 13.2 Å². The molecule has 3 aliphatic rings. The number of nitrogens with one attached hydrogen (secondary N) is 1. The van der Waals surface area contributed by atoms with Gasteiger partial charge >= 0.3 is 12.1 Å². The zero-order valence-corrected chi connectivity index (χ0v) is 21.2. The van der Waals surface area contributed by atoms with E-state index in [1.807, 2.05) is 60.7 Å². The number of benzene rings is 2. The van der Waals surface area contributed by atoms with Crippen LogP contribution in [0.2, 0.25) is 0 Å². The third-order valence-electron chi connectivity index (χ3n) is 6.26. The van der Waals surface area contributed by atoms with E-state index < -0.39 is 12.1 Å². The summed E-state index contributed by atoms with van der Waals surface area (Å²) in [5.74, 6) is -2.57. The second-order valence-corrected chi connectivity index (χ2v) is 9.24. The van der Waals surface area contributed by atoms with Crippen LogP contribution in [0.1, 0.15) is 37.0 Å². The summed E-state index contributed by atoms with van der Waals surface area (Å²) >= 11 is 0. The number of para-hydroxylation sites is 1. The molecule has 3 heterocycles. The Hall–Kier alpha value is -3.73. The number of ketones is 1. The molecule has 0 aromatic heterocycles. The number of anilines is 1. The maximum absolute atomic E-state index is 12.5. The SMILES string of the molecule is CC(=O)Nc1ccccc1.CC(=O)O[C@H]1C[N+]2(CC(=O)c3ccccc3)CCC1CC2.O=C([O-])C(F)(F)F. The molecule has 0 aliphatic carbocycles. The molecule has 8 nitrogen and oxygen atoms in total. The predicted octanol–water partition coefficient (Wildman–Crippen LogP) is 2.99. The van der Waals surface area contributed by atoms with Crippen molar-refractivity contribution in [2.24, 2.45) is 5.92 Å². The van der Waals surface area contributed by atoms with Gasteiger partial charge in [0.25, 0.3) is 0 Å². The minimum atomic E-state index is -5.19. The summed E-state index contributed by atoms with van der Waals surface area (Å²) in [4.78, 5) is 43.0. The van der Waals surface area contributed by atoms with E-state index in [9.17, 15) is 27.6 Å². The van der Waals surface area contributed by atoms with E-state index in [0.717, 1.165) is 48.2 Å². The Balaban J connectivity index is 0.000000247. The van der Waals surface area contributed by atoms with E-state index in [1.165, 1.54) is 13.8 Å². The third-order valence-corrected chi connectivity index (χ3v) is 6.26. The van der Waals surface area contributed by atoms with Crippen molar-refractivity contribution in [3.8, 4) is 0 Å². The molecule has 3 aliphatic heterocycles. The van der Waals surface area contributed by atoms with Crippen LogP contribution in [0.3, 0.4) is 0 Å². The number of carboxylic acid groups (broad SMARTS) is 1. The number of esters is 1. The summed E-state index contributed by atoms with van der Waals surface area (Å²) in [6.45, 7) is 6.34. The van der Waals surface area contributed by atoms with Gasteiger partial charge in [0.05, 0.1) is 13.1 Å². The number of carbonyl (C=O) groups is 4. The first-order valence-corrected chi connectivity index (χ1v) is 12.0. The number of carboxylic acids is 1. The van der Waals surface area contributed by atoms with Gasteiger partial charge in [0.2, 0.25) is 11.7 Å². The lowest BCUT2D eigenvalue weighted by Gasteiger charge is -2.51. The molecule has 2 aromatic rings. The summed E-state index contributed by atoms with van der Waals surface area (Å²) in [6, 6.07) is 18.8. The highest BCUT2D eigenvalue weighted by atomic mass is 19.4. The average molecular weight is 537 g/mol. The Bertz CT molecular complexity index is 1080. The molecular weight excluding hydrogens is 505 g/mol. The first-order chi connectivity index (χ1) is 17.8. The summed E-state index contributed by atoms with van der Waals surface area (Å²) in [5, 5.41) is 11.5. The zero-order valence-electron chi connectivity index (χ0n) is 21.2. The van der Waals surface area contributed by atoms with Crippen LogP contribution in [0.15, 0.2) is 60.7 Å². The number of nitrogens with zero attached hydrogens (tertiary/aromatic N) is 1. The quantitative estimate of drug-likeness (QED) is 0.357. The van der Waals surface area contributed by atoms with Crippen molar-refractivity contribution < 1.29 is 46.7 Å². The first kappa shape index (κ1) is 30.5. The molecule has 5 rings (SSSR count). The summed E-state index contributed by atoms with van der Waals surface area (Å²) in [6.07, 6.45) is -3.09. The number of hydrogen-bond acceptors (Lipinski definition) is 6. The van der Waals surface area contributed by atoms with Crippen LogP contribution >= 0.6 is 0 Å². The number of quaternary nitrogens is 1. The number of amides is 1. The second-order valence-electron chi connectivity index (χ2n) is 9.24. The first-order valence-electron chi connectivity index (χ1n) is 12.0. The number of Topliss-reactive ketones (excluding diaryl/α,β-unsaturated/α-hetero) is 1. The lowest BCUT2D eigenvalue weighted by atomic mass is 9.83. The molecule has 2 aromatic carbocycles. The minimum absolute atomic E-state index is 0.00595. The predicted molar refractivity (Wildman–Crippen MR) is 131 cm³/mol. The van der Waals surface area contributed by atoms with Crippen LogP contribution in [0.5, 0.6) is 0 Å². The summed E-state index contributed by atoms with van der Waals surface area (Å²) in [5.41, 5.74) is 1.62. The number of ether oxygens (including phenoxy) is 1. The summed E-state index contributed by atoms with van der Waals surface area (Å²) in [7, 11) is 0. The van der Waals surface area contributed by atoms with Crippen molar-refractivity contribution in [3.05, 3.63) is 66.2 Å². The maximum atomic E-state index is 12.5. The molecule has 1 atom stereocenters. The van der Waals surface area contributed by atoms with Gasteiger partial charge in [-0.25, -0.2) is 0 Å². The highest BCUT2D eigenvalue weighted by Crippen LogP contribution is 2.35. The van der Waals surface area contributed by atoms with Gasteiger partial charge in [0, 0.05) is 43.9 Å². The molecule has 0 spiro atoms. The summed E-state index contributed by atoms with van der Waals surface area (Å²) < 4.78 is 37.8. The molecule has 0 saturated carbocycles. The van der Waals surface area contributed by atoms with Gasteiger partial charge in [-0.15, -0.1) is 0 Å². The lowest BCUT2D eigenvalue weighted by Crippen LogP contribution is -2.65. The van der Waals surface area contributed by atoms with E-state index >= 15 is 0 Å². The van der Waals surface area contributed by atoms with Crippen molar-refractivity contribution in [3.63, 3.8) is 0 Å². The number of alkyl halides is 3. The molecule has 3 fully saturated rings. The van der Waals surface area contributed by atoms with Crippen molar-refractivity contribution in [2.75, 3.05) is 31.5 Å². The van der Waals surface area contributed by atoms with E-state index in [-0.39, 0.29) is 23.8 Å². The Kier molecular flexibility index (Phi) is 11.0. The molecule has 2 bridgehead atoms. The molecule has 1 amide bonds. The van der Waals surface area contributed by atoms with Gasteiger partial charge in [0.1, 0.15) is 19.1 Å². The number of carbonyl (C=O) groups excluding carboxylic acids is 4. The molecular formula is C27H31F3N2O6. The van der Waals surface area contributed by atoms with Crippen LogP contribution in [-0.2, 0) is 19.1 Å². The van der Waals surface area contributed by atoms with Crippen molar-refractivity contribution in [2.45, 2.75) is 39.0 Å². The van der Waals surface area contributed by atoms with E-state index in [2.05, 4.69) is 5.32 Å². The average Bonchev–Trinajstić information content (AvgIpc) is 2.85. The largest absolute Gasteiger partial charge is 0.542 e. The molecule has 3 saturated heterocycles. The topological polar surface area (TPSA) is 113 Å². The van der Waals surface area contributed by atoms with Gasteiger partial charge in [-0.3, -0.25) is 14.4 Å². The fraction of sp³-hybridized carbons (Fsp3) is 0.407. The lowest BCUT2D eigenvalue weighted by molar-refractivity contribution is -0.938. The monoisotopic (exact) mass is 536 g/mol. The number of hydrogen-bond donors (Lipinski definition) is 1. The Morgan fingerprint density at radius 3 is 1.89 bits per heavy atom. The van der Waals surface area contributed by atoms with Crippen LogP contribution < -0.4 is 10.4 Å². The molecule has 206 valence electrons. The number of fused-ring (bicyclic) bond motifs is 3. The van der Waals surface area contributed by atoms with E-state index in [0.29, 0.717) is 12.5 Å². The highest BCUT2D eigenvalue weighted by molar-refractivity contribution is 5.97. The van der Waals surface area contributed by atoms with E-state index in [1.54, 1.807) is 0 Å². The standard InChI is InChI=1S/C17H22NO3.C8H9NO.C2HF3O2/c1-13(19)21-17-12-18(9-7-15(17)8-10-18)11-16(20)14-5-3-2-4-6-14;1-7(10)9-8-5-3-2-4-6-8;3-2(4,5)1(6)7/h2-6,15,17H,7-12H2,1H3;2-6H,1H3,(H,9,10);(H,6,7)/q+1;;/p-1/t15?,17-,18?;;/m0../s1. The number of aliphatic carboxylic acids is 1. The smallest absolute Gasteiger partial charge is 0.430 e. The second kappa shape index (κ2) is 13.7. The Labute approximate surface area is 219 Å². The van der Waals surface area contributed by atoms with Gasteiger partial charge in [-0.1, -0.05) is 48.5 Å². The van der Waals surface area contributed by atoms with Crippen LogP contribution in [-0.4, -0.2) is 66.6 Å². The third kappa shape index (κ3) is 9.97. The number of piperidine rings is 3. The molecule has 0 unspecified atom stereocenters. The number of halogens is 3. The van der Waals surface area contributed by atoms with Gasteiger partial charge in [0.15, 0.2) is 6.10 Å². The molecule has 11 heteroatoms. The fourth-order valence-corrected chi connectivity index (χ4v) is 4.53. The number of rotatable bonds is 5.